The van der Waals surface area contributed by atoms with Crippen molar-refractivity contribution in [2.45, 2.75) is 38.5 Å². The number of rotatable bonds is 12. The standard InChI is InChI=1S/2C52H37N3/c1-52(2)46-31-40(24-26-44(46)45-27-23-34-13-9-10-22-43(34)50(45)52)38-19-11-18-37(29-38)39-20-12-21-41(30-39)48-32-49(55-51(54-48)36-16-7-4-8-17-36)42-25-28-47(53-33-42)35-14-5-3-6-15-35;1-52(2)46-25-23-36-10-6-7-17-44(36)50(46)45-24-22-42(32-47(45)52)40-14-8-13-39(30-40)41-15-9-16-43(31-41)49-33-48(54-51(55-49)38-11-4-3-5-12-38)37-20-18-34(19-21-37)35-26-28-53-29-27-35/h2*3-33H,1-2H3. The highest BCUT2D eigenvalue weighted by Crippen LogP contribution is 2.54. The third-order valence-corrected chi connectivity index (χ3v) is 22.3. The summed E-state index contributed by atoms with van der Waals surface area (Å²) in [6.45, 7) is 9.46. The van der Waals surface area contributed by atoms with Crippen molar-refractivity contribution in [1.82, 2.24) is 29.9 Å². The van der Waals surface area contributed by atoms with E-state index in [9.17, 15) is 0 Å². The molecule has 0 atom stereocenters. The summed E-state index contributed by atoms with van der Waals surface area (Å²) >= 11 is 0. The van der Waals surface area contributed by atoms with E-state index in [0.29, 0.717) is 11.6 Å². The Morgan fingerprint density at radius 3 is 1.13 bits per heavy atom. The highest BCUT2D eigenvalue weighted by atomic mass is 14.9. The number of aromatic nitrogens is 6. The molecule has 20 rings (SSSR count). The number of benzene rings is 14. The molecule has 0 unspecified atom stereocenters. The summed E-state index contributed by atoms with van der Waals surface area (Å²) in [6.07, 6.45) is 5.56. The fraction of sp³-hybridized carbons (Fsp3) is 0.0577. The van der Waals surface area contributed by atoms with Crippen molar-refractivity contribution in [1.29, 1.82) is 0 Å². The van der Waals surface area contributed by atoms with Crippen molar-refractivity contribution in [3.8, 4) is 157 Å². The molecule has 0 amide bonds. The van der Waals surface area contributed by atoms with Gasteiger partial charge < -0.3 is 0 Å². The molecule has 14 aromatic carbocycles. The van der Waals surface area contributed by atoms with E-state index < -0.39 is 0 Å². The van der Waals surface area contributed by atoms with Gasteiger partial charge >= 0.3 is 0 Å². The van der Waals surface area contributed by atoms with E-state index in [0.717, 1.165) is 101 Å². The normalized spacial score (nSPS) is 12.7. The van der Waals surface area contributed by atoms with E-state index in [1.807, 2.05) is 85.3 Å². The molecule has 4 heterocycles. The van der Waals surface area contributed by atoms with Crippen LogP contribution < -0.4 is 0 Å². The first kappa shape index (κ1) is 66.7. The molecule has 0 bridgehead atoms. The summed E-state index contributed by atoms with van der Waals surface area (Å²) in [5, 5.41) is 5.25. The predicted octanol–water partition coefficient (Wildman–Crippen LogP) is 26.7. The van der Waals surface area contributed by atoms with Crippen LogP contribution in [0.4, 0.5) is 0 Å². The average Bonchev–Trinajstić information content (AvgIpc) is 1.56. The Labute approximate surface area is 641 Å². The maximum Gasteiger partial charge on any atom is 0.160 e. The lowest BCUT2D eigenvalue weighted by Gasteiger charge is -2.23. The Morgan fingerprint density at radius 1 is 0.218 bits per heavy atom. The zero-order chi connectivity index (χ0) is 73.9. The highest BCUT2D eigenvalue weighted by Gasteiger charge is 2.38. The van der Waals surface area contributed by atoms with Crippen LogP contribution in [0.1, 0.15) is 49.9 Å². The third kappa shape index (κ3) is 12.4. The second-order valence-corrected chi connectivity index (χ2v) is 29.8. The maximum absolute atomic E-state index is 5.13. The van der Waals surface area contributed by atoms with Crippen LogP contribution in [0.5, 0.6) is 0 Å². The Balaban J connectivity index is 0.000000149. The Kier molecular flexibility index (Phi) is 16.8. The van der Waals surface area contributed by atoms with Gasteiger partial charge in [-0.2, -0.15) is 0 Å². The lowest BCUT2D eigenvalue weighted by Crippen LogP contribution is -2.15. The van der Waals surface area contributed by atoms with E-state index >= 15 is 0 Å². The van der Waals surface area contributed by atoms with Gasteiger partial charge in [0.05, 0.1) is 28.5 Å². The third-order valence-electron chi connectivity index (χ3n) is 22.3. The molecule has 0 spiro atoms. The molecule has 18 aromatic rings. The number of pyridine rings is 2. The monoisotopic (exact) mass is 1410 g/mol. The Bertz CT molecular complexity index is 6550. The lowest BCUT2D eigenvalue weighted by atomic mass is 9.79. The number of fused-ring (bicyclic) bond motifs is 10. The van der Waals surface area contributed by atoms with Gasteiger partial charge in [0.1, 0.15) is 0 Å². The highest BCUT2D eigenvalue weighted by molar-refractivity contribution is 6.03. The second kappa shape index (κ2) is 27.8. The van der Waals surface area contributed by atoms with E-state index in [2.05, 4.69) is 324 Å². The van der Waals surface area contributed by atoms with Crippen LogP contribution in [0.2, 0.25) is 0 Å². The maximum atomic E-state index is 5.13. The number of hydrogen-bond acceptors (Lipinski definition) is 6. The molecule has 0 saturated carbocycles. The van der Waals surface area contributed by atoms with Gasteiger partial charge in [-0.1, -0.05) is 313 Å². The Hall–Kier alpha value is -13.9. The molecule has 6 heteroatoms. The van der Waals surface area contributed by atoms with Gasteiger partial charge in [0.15, 0.2) is 11.6 Å². The van der Waals surface area contributed by atoms with Gasteiger partial charge in [-0.3, -0.25) is 9.97 Å². The van der Waals surface area contributed by atoms with Crippen LogP contribution in [0, 0.1) is 0 Å². The van der Waals surface area contributed by atoms with Crippen LogP contribution in [0.15, 0.2) is 377 Å². The topological polar surface area (TPSA) is 77.3 Å². The summed E-state index contributed by atoms with van der Waals surface area (Å²) < 4.78 is 0. The first-order valence-electron chi connectivity index (χ1n) is 37.7. The minimum Gasteiger partial charge on any atom is -0.265 e. The molecular weight excluding hydrogens is 1330 g/mol. The lowest BCUT2D eigenvalue weighted by molar-refractivity contribution is 0.661. The summed E-state index contributed by atoms with van der Waals surface area (Å²) in [4.78, 5) is 29.3. The van der Waals surface area contributed by atoms with Crippen LogP contribution in [0.3, 0.4) is 0 Å². The van der Waals surface area contributed by atoms with E-state index in [4.69, 9.17) is 24.9 Å². The van der Waals surface area contributed by atoms with Crippen molar-refractivity contribution in [2.24, 2.45) is 0 Å². The van der Waals surface area contributed by atoms with Gasteiger partial charge in [0.25, 0.3) is 0 Å². The molecule has 6 nitrogen and oxygen atoms in total. The van der Waals surface area contributed by atoms with Gasteiger partial charge in [-0.15, -0.1) is 0 Å². The molecule has 0 aliphatic heterocycles. The predicted molar refractivity (Wildman–Crippen MR) is 455 cm³/mol. The van der Waals surface area contributed by atoms with Crippen LogP contribution in [-0.4, -0.2) is 29.9 Å². The van der Waals surface area contributed by atoms with E-state index in [1.54, 1.807) is 0 Å². The fourth-order valence-corrected chi connectivity index (χ4v) is 16.6. The van der Waals surface area contributed by atoms with Gasteiger partial charge in [0, 0.05) is 68.4 Å². The summed E-state index contributed by atoms with van der Waals surface area (Å²) in [5.74, 6) is 1.38. The molecule has 2 aliphatic rings. The quantitative estimate of drug-likeness (QED) is 0.121. The van der Waals surface area contributed by atoms with Crippen molar-refractivity contribution in [3.63, 3.8) is 0 Å². The van der Waals surface area contributed by atoms with Crippen molar-refractivity contribution >= 4 is 21.5 Å². The SMILES string of the molecule is CC1(C)c2cc(-c3cccc(-c4cccc(-c5cc(-c6ccc(-c7ccccc7)nc6)nc(-c6ccccc6)n5)c4)c3)ccc2-c2ccc3ccccc3c21.CC1(C)c2cc(-c3cccc(-c4cccc(-c5cc(-c6ccc(-c7ccncc7)cc6)nc(-c6ccccc6)n5)c4)c3)ccc2-c2c1ccc1ccccc21. The number of hydrogen-bond donors (Lipinski definition) is 0. The smallest absolute Gasteiger partial charge is 0.160 e. The molecule has 0 N–H and O–H groups in total. The second-order valence-electron chi connectivity index (χ2n) is 29.8. The summed E-state index contributed by atoms with van der Waals surface area (Å²) in [6, 6.07) is 128. The summed E-state index contributed by atoms with van der Waals surface area (Å²) in [5.41, 5.74) is 34.0. The van der Waals surface area contributed by atoms with Crippen LogP contribution in [0.25, 0.3) is 178 Å². The molecule has 0 fully saturated rings. The molecule has 520 valence electrons. The van der Waals surface area contributed by atoms with Gasteiger partial charge in [0.2, 0.25) is 0 Å². The van der Waals surface area contributed by atoms with Crippen molar-refractivity contribution in [2.75, 3.05) is 0 Å². The molecule has 110 heavy (non-hydrogen) atoms. The van der Waals surface area contributed by atoms with E-state index in [1.165, 1.54) is 88.3 Å². The average molecular weight is 1410 g/mol. The van der Waals surface area contributed by atoms with E-state index in [-0.39, 0.29) is 10.8 Å². The van der Waals surface area contributed by atoms with Gasteiger partial charge in [-0.05, 0) is 194 Å². The zero-order valence-electron chi connectivity index (χ0n) is 61.5. The molecule has 2 aliphatic carbocycles. The zero-order valence-corrected chi connectivity index (χ0v) is 61.5. The van der Waals surface area contributed by atoms with Crippen molar-refractivity contribution < 1.29 is 0 Å². The molecule has 4 aromatic heterocycles. The molecule has 0 saturated heterocycles. The minimum atomic E-state index is -0.109. The minimum absolute atomic E-state index is 0.0900. The number of nitrogens with zero attached hydrogens (tertiary/aromatic N) is 6. The first-order valence-corrected chi connectivity index (χ1v) is 37.7. The summed E-state index contributed by atoms with van der Waals surface area (Å²) in [7, 11) is 0. The Morgan fingerprint density at radius 2 is 0.591 bits per heavy atom. The first-order chi connectivity index (χ1) is 54.0. The van der Waals surface area contributed by atoms with Crippen LogP contribution in [-0.2, 0) is 10.8 Å². The van der Waals surface area contributed by atoms with Crippen molar-refractivity contribution in [3.05, 3.63) is 399 Å². The van der Waals surface area contributed by atoms with Crippen LogP contribution >= 0.6 is 0 Å². The molecule has 0 radical (unpaired) electrons. The fourth-order valence-electron chi connectivity index (χ4n) is 16.6. The molecular formula is C104H74N6. The van der Waals surface area contributed by atoms with Gasteiger partial charge in [-0.25, -0.2) is 19.9 Å². The largest absolute Gasteiger partial charge is 0.265 e.